The Balaban J connectivity index is 1.45. The molecule has 9 heteroatoms. The summed E-state index contributed by atoms with van der Waals surface area (Å²) in [7, 11) is -3.63. The SMILES string of the molecule is Cc1ccc(S(=O)(=O)N2CCN(C(=O)c3ccn(-c4ccccc4F)n3)CC2)c(C)c1. The van der Waals surface area contributed by atoms with Gasteiger partial charge in [-0.15, -0.1) is 0 Å². The zero-order chi connectivity index (χ0) is 22.2. The maximum absolute atomic E-state index is 14.0. The van der Waals surface area contributed by atoms with Crippen molar-refractivity contribution >= 4 is 15.9 Å². The van der Waals surface area contributed by atoms with Crippen LogP contribution in [-0.2, 0) is 10.0 Å². The van der Waals surface area contributed by atoms with Crippen molar-refractivity contribution in [1.29, 1.82) is 0 Å². The lowest BCUT2D eigenvalue weighted by atomic mass is 10.2. The second-order valence-electron chi connectivity index (χ2n) is 7.56. The topological polar surface area (TPSA) is 75.5 Å². The van der Waals surface area contributed by atoms with E-state index in [9.17, 15) is 17.6 Å². The number of halogens is 1. The van der Waals surface area contributed by atoms with Crippen molar-refractivity contribution < 1.29 is 17.6 Å². The predicted octanol–water partition coefficient (Wildman–Crippen LogP) is 2.77. The normalized spacial score (nSPS) is 15.3. The molecule has 0 spiro atoms. The number of sulfonamides is 1. The average Bonchev–Trinajstić information content (AvgIpc) is 3.23. The van der Waals surface area contributed by atoms with Gasteiger partial charge in [0.2, 0.25) is 10.0 Å². The number of aryl methyl sites for hydroxylation is 2. The van der Waals surface area contributed by atoms with E-state index in [4.69, 9.17) is 0 Å². The van der Waals surface area contributed by atoms with Gasteiger partial charge in [-0.25, -0.2) is 17.5 Å². The molecule has 2 aromatic carbocycles. The van der Waals surface area contributed by atoms with E-state index in [1.807, 2.05) is 13.0 Å². The van der Waals surface area contributed by atoms with Crippen molar-refractivity contribution in [3.63, 3.8) is 0 Å². The fraction of sp³-hybridized carbons (Fsp3) is 0.273. The Labute approximate surface area is 180 Å². The molecule has 2 heterocycles. The molecule has 3 aromatic rings. The van der Waals surface area contributed by atoms with Crippen LogP contribution in [0.15, 0.2) is 59.6 Å². The van der Waals surface area contributed by atoms with E-state index in [-0.39, 0.29) is 43.5 Å². The van der Waals surface area contributed by atoms with Gasteiger partial charge in [-0.05, 0) is 43.7 Å². The molecule has 1 aliphatic heterocycles. The van der Waals surface area contributed by atoms with Gasteiger partial charge in [0.15, 0.2) is 5.69 Å². The quantitative estimate of drug-likeness (QED) is 0.623. The molecule has 0 bridgehead atoms. The molecule has 0 unspecified atom stereocenters. The van der Waals surface area contributed by atoms with Gasteiger partial charge < -0.3 is 4.90 Å². The fourth-order valence-electron chi connectivity index (χ4n) is 3.73. The van der Waals surface area contributed by atoms with E-state index in [2.05, 4.69) is 5.10 Å². The average molecular weight is 443 g/mol. The van der Waals surface area contributed by atoms with Crippen LogP contribution in [0.5, 0.6) is 0 Å². The molecule has 0 saturated carbocycles. The second kappa shape index (κ2) is 8.24. The van der Waals surface area contributed by atoms with Crippen LogP contribution < -0.4 is 0 Å². The fourth-order valence-corrected chi connectivity index (χ4v) is 5.36. The molecule has 1 aromatic heterocycles. The van der Waals surface area contributed by atoms with Crippen molar-refractivity contribution in [3.8, 4) is 5.69 Å². The van der Waals surface area contributed by atoms with E-state index in [1.165, 1.54) is 27.3 Å². The number of nitrogens with zero attached hydrogens (tertiary/aromatic N) is 4. The summed E-state index contributed by atoms with van der Waals surface area (Å²) in [4.78, 5) is 14.7. The number of para-hydroxylation sites is 1. The van der Waals surface area contributed by atoms with Crippen LogP contribution in [0.4, 0.5) is 4.39 Å². The van der Waals surface area contributed by atoms with Crippen LogP contribution in [0.1, 0.15) is 21.6 Å². The van der Waals surface area contributed by atoms with Crippen LogP contribution in [0.2, 0.25) is 0 Å². The van der Waals surface area contributed by atoms with Crippen LogP contribution in [-0.4, -0.2) is 59.5 Å². The molecule has 4 rings (SSSR count). The summed E-state index contributed by atoms with van der Waals surface area (Å²) >= 11 is 0. The monoisotopic (exact) mass is 442 g/mol. The van der Waals surface area contributed by atoms with E-state index in [0.29, 0.717) is 10.5 Å². The zero-order valence-corrected chi connectivity index (χ0v) is 18.1. The van der Waals surface area contributed by atoms with E-state index in [1.54, 1.807) is 42.2 Å². The third kappa shape index (κ3) is 4.11. The lowest BCUT2D eigenvalue weighted by Gasteiger charge is -2.34. The van der Waals surface area contributed by atoms with Crippen LogP contribution in [0, 0.1) is 19.7 Å². The van der Waals surface area contributed by atoms with Crippen molar-refractivity contribution in [2.75, 3.05) is 26.2 Å². The molecule has 162 valence electrons. The summed E-state index contributed by atoms with van der Waals surface area (Å²) in [6.07, 6.45) is 1.53. The van der Waals surface area contributed by atoms with Gasteiger partial charge in [-0.2, -0.15) is 9.40 Å². The molecule has 31 heavy (non-hydrogen) atoms. The van der Waals surface area contributed by atoms with Gasteiger partial charge in [0.25, 0.3) is 5.91 Å². The number of piperazine rings is 1. The number of carbonyl (C=O) groups is 1. The Morgan fingerprint density at radius 1 is 1.00 bits per heavy atom. The van der Waals surface area contributed by atoms with Gasteiger partial charge in [0.05, 0.1) is 4.90 Å². The molecule has 1 amide bonds. The predicted molar refractivity (Wildman–Crippen MR) is 114 cm³/mol. The minimum absolute atomic E-state index is 0.189. The first-order valence-corrected chi connectivity index (χ1v) is 11.4. The van der Waals surface area contributed by atoms with Crippen LogP contribution in [0.25, 0.3) is 5.69 Å². The molecule has 7 nitrogen and oxygen atoms in total. The van der Waals surface area contributed by atoms with Crippen molar-refractivity contribution in [3.05, 3.63) is 77.4 Å². The summed E-state index contributed by atoms with van der Waals surface area (Å²) in [5.74, 6) is -0.742. The molecule has 0 aliphatic carbocycles. The number of benzene rings is 2. The Morgan fingerprint density at radius 3 is 2.39 bits per heavy atom. The molecule has 0 atom stereocenters. The Bertz CT molecular complexity index is 1230. The van der Waals surface area contributed by atoms with Gasteiger partial charge in [0.1, 0.15) is 11.5 Å². The number of rotatable bonds is 4. The minimum Gasteiger partial charge on any atom is -0.335 e. The minimum atomic E-state index is -3.63. The van der Waals surface area contributed by atoms with Crippen LogP contribution in [0.3, 0.4) is 0 Å². The van der Waals surface area contributed by atoms with Crippen LogP contribution >= 0.6 is 0 Å². The first-order chi connectivity index (χ1) is 14.8. The number of aromatic nitrogens is 2. The smallest absolute Gasteiger partial charge is 0.274 e. The van der Waals surface area contributed by atoms with Gasteiger partial charge in [0, 0.05) is 32.4 Å². The highest BCUT2D eigenvalue weighted by Gasteiger charge is 2.31. The molecule has 0 N–H and O–H groups in total. The van der Waals surface area contributed by atoms with Crippen molar-refractivity contribution in [1.82, 2.24) is 19.0 Å². The highest BCUT2D eigenvalue weighted by molar-refractivity contribution is 7.89. The molecule has 1 saturated heterocycles. The first kappa shape index (κ1) is 21.2. The number of amides is 1. The second-order valence-corrected chi connectivity index (χ2v) is 9.47. The summed E-state index contributed by atoms with van der Waals surface area (Å²) in [5.41, 5.74) is 2.15. The summed E-state index contributed by atoms with van der Waals surface area (Å²) in [5, 5.41) is 4.21. The molecule has 0 radical (unpaired) electrons. The molecule has 1 fully saturated rings. The van der Waals surface area contributed by atoms with Crippen molar-refractivity contribution in [2.24, 2.45) is 0 Å². The molecular formula is C22H23FN4O3S. The van der Waals surface area contributed by atoms with E-state index < -0.39 is 15.8 Å². The summed E-state index contributed by atoms with van der Waals surface area (Å²) < 4.78 is 42.8. The Kier molecular flexibility index (Phi) is 5.63. The Hall–Kier alpha value is -3.04. The van der Waals surface area contributed by atoms with Gasteiger partial charge in [-0.1, -0.05) is 29.8 Å². The third-order valence-corrected chi connectivity index (χ3v) is 7.44. The number of hydrogen-bond acceptors (Lipinski definition) is 4. The van der Waals surface area contributed by atoms with E-state index >= 15 is 0 Å². The highest BCUT2D eigenvalue weighted by Crippen LogP contribution is 2.22. The molecular weight excluding hydrogens is 419 g/mol. The lowest BCUT2D eigenvalue weighted by molar-refractivity contribution is 0.0691. The summed E-state index contributed by atoms with van der Waals surface area (Å²) in [6.45, 7) is 4.63. The third-order valence-electron chi connectivity index (χ3n) is 5.38. The first-order valence-electron chi connectivity index (χ1n) is 9.94. The number of carbonyl (C=O) groups excluding carboxylic acids is 1. The largest absolute Gasteiger partial charge is 0.335 e. The number of hydrogen-bond donors (Lipinski definition) is 0. The van der Waals surface area contributed by atoms with Gasteiger partial charge in [-0.3, -0.25) is 4.79 Å². The van der Waals surface area contributed by atoms with Crippen molar-refractivity contribution in [2.45, 2.75) is 18.7 Å². The maximum Gasteiger partial charge on any atom is 0.274 e. The standard InChI is InChI=1S/C22H23FN4O3S/c1-16-7-8-21(17(2)15-16)31(29,30)26-13-11-25(12-14-26)22(28)19-9-10-27(24-19)20-6-4-3-5-18(20)23/h3-10,15H,11-14H2,1-2H3. The zero-order valence-electron chi connectivity index (χ0n) is 17.3. The summed E-state index contributed by atoms with van der Waals surface area (Å²) in [6, 6.07) is 13.0. The van der Waals surface area contributed by atoms with E-state index in [0.717, 1.165) is 5.56 Å². The maximum atomic E-state index is 14.0. The lowest BCUT2D eigenvalue weighted by Crippen LogP contribution is -2.50. The highest BCUT2D eigenvalue weighted by atomic mass is 32.2. The molecule has 1 aliphatic rings. The van der Waals surface area contributed by atoms with Gasteiger partial charge >= 0.3 is 0 Å². The Morgan fingerprint density at radius 2 is 1.71 bits per heavy atom.